The molecule has 0 bridgehead atoms. The average Bonchev–Trinajstić information content (AvgIpc) is 2.84. The van der Waals surface area contributed by atoms with Gasteiger partial charge in [-0.1, -0.05) is 0 Å². The van der Waals surface area contributed by atoms with Crippen LogP contribution in [-0.4, -0.2) is 22.2 Å². The first kappa shape index (κ1) is 11.5. The highest BCUT2D eigenvalue weighted by Gasteiger charge is 2.14. The molecule has 2 heterocycles. The van der Waals surface area contributed by atoms with Gasteiger partial charge in [-0.05, 0) is 45.7 Å². The summed E-state index contributed by atoms with van der Waals surface area (Å²) in [6, 6.07) is 0.252. The van der Waals surface area contributed by atoms with Gasteiger partial charge in [-0.3, -0.25) is 9.13 Å². The standard InChI is InChI=1S/C12H21N3O/c1-10(2)15-8-7-14(12(15)16)6-4-11-3-5-13-9-11/h7-8,10-11,13H,3-6,9H2,1-2H3. The quantitative estimate of drug-likeness (QED) is 0.834. The zero-order valence-electron chi connectivity index (χ0n) is 10.1. The maximum atomic E-state index is 11.9. The van der Waals surface area contributed by atoms with E-state index in [1.165, 1.54) is 6.42 Å². The largest absolute Gasteiger partial charge is 0.328 e. The minimum atomic E-state index is 0.126. The molecule has 1 aromatic heterocycles. The first-order valence-corrected chi connectivity index (χ1v) is 6.16. The van der Waals surface area contributed by atoms with Gasteiger partial charge < -0.3 is 5.32 Å². The number of hydrogen-bond donors (Lipinski definition) is 1. The molecular weight excluding hydrogens is 202 g/mol. The monoisotopic (exact) mass is 223 g/mol. The summed E-state index contributed by atoms with van der Waals surface area (Å²) in [4.78, 5) is 11.9. The van der Waals surface area contributed by atoms with Crippen LogP contribution in [0.3, 0.4) is 0 Å². The second-order valence-corrected chi connectivity index (χ2v) is 4.92. The van der Waals surface area contributed by atoms with Crippen LogP contribution in [-0.2, 0) is 6.54 Å². The lowest BCUT2D eigenvalue weighted by molar-refractivity contribution is 0.464. The van der Waals surface area contributed by atoms with E-state index < -0.39 is 0 Å². The van der Waals surface area contributed by atoms with Gasteiger partial charge in [0, 0.05) is 25.0 Å². The summed E-state index contributed by atoms with van der Waals surface area (Å²) >= 11 is 0. The lowest BCUT2D eigenvalue weighted by Crippen LogP contribution is -2.26. The molecule has 0 amide bonds. The Hall–Kier alpha value is -1.03. The molecular formula is C12H21N3O. The van der Waals surface area contributed by atoms with Gasteiger partial charge in [0.1, 0.15) is 0 Å². The molecule has 1 unspecified atom stereocenters. The maximum Gasteiger partial charge on any atom is 0.328 e. The molecule has 1 saturated heterocycles. The molecule has 0 spiro atoms. The maximum absolute atomic E-state index is 11.9. The Kier molecular flexibility index (Phi) is 3.49. The van der Waals surface area contributed by atoms with Crippen LogP contribution in [0, 0.1) is 5.92 Å². The summed E-state index contributed by atoms with van der Waals surface area (Å²) in [5.74, 6) is 0.745. The Morgan fingerprint density at radius 3 is 2.88 bits per heavy atom. The summed E-state index contributed by atoms with van der Waals surface area (Å²) < 4.78 is 3.62. The van der Waals surface area contributed by atoms with Crippen LogP contribution in [0.15, 0.2) is 17.2 Å². The van der Waals surface area contributed by atoms with Crippen molar-refractivity contribution in [2.45, 2.75) is 39.3 Å². The molecule has 0 radical (unpaired) electrons. The highest BCUT2D eigenvalue weighted by Crippen LogP contribution is 2.12. The molecule has 1 aliphatic heterocycles. The van der Waals surface area contributed by atoms with Crippen molar-refractivity contribution in [3.8, 4) is 0 Å². The third kappa shape index (κ3) is 2.38. The summed E-state index contributed by atoms with van der Waals surface area (Å²) in [7, 11) is 0. The van der Waals surface area contributed by atoms with Gasteiger partial charge >= 0.3 is 5.69 Å². The molecule has 1 N–H and O–H groups in total. The fraction of sp³-hybridized carbons (Fsp3) is 0.750. The van der Waals surface area contributed by atoms with Crippen LogP contribution in [0.5, 0.6) is 0 Å². The molecule has 90 valence electrons. The highest BCUT2D eigenvalue weighted by molar-refractivity contribution is 4.84. The smallest absolute Gasteiger partial charge is 0.316 e. The number of aryl methyl sites for hydroxylation is 1. The third-order valence-electron chi connectivity index (χ3n) is 3.37. The number of aromatic nitrogens is 2. The number of hydrogen-bond acceptors (Lipinski definition) is 2. The number of nitrogens with one attached hydrogen (secondary N) is 1. The van der Waals surface area contributed by atoms with E-state index >= 15 is 0 Å². The lowest BCUT2D eigenvalue weighted by atomic mass is 10.1. The zero-order chi connectivity index (χ0) is 11.5. The van der Waals surface area contributed by atoms with Crippen molar-refractivity contribution >= 4 is 0 Å². The second-order valence-electron chi connectivity index (χ2n) is 4.92. The Balaban J connectivity index is 1.96. The fourth-order valence-corrected chi connectivity index (χ4v) is 2.27. The molecule has 1 fully saturated rings. The summed E-state index contributed by atoms with van der Waals surface area (Å²) in [6.45, 7) is 7.16. The summed E-state index contributed by atoms with van der Waals surface area (Å²) in [5.41, 5.74) is 0.126. The molecule has 4 nitrogen and oxygen atoms in total. The Morgan fingerprint density at radius 2 is 2.31 bits per heavy atom. The van der Waals surface area contributed by atoms with Crippen molar-refractivity contribution in [3.63, 3.8) is 0 Å². The van der Waals surface area contributed by atoms with Crippen molar-refractivity contribution in [2.24, 2.45) is 5.92 Å². The van der Waals surface area contributed by atoms with Gasteiger partial charge in [0.25, 0.3) is 0 Å². The topological polar surface area (TPSA) is 39.0 Å². The molecule has 1 aromatic rings. The first-order chi connectivity index (χ1) is 7.68. The molecule has 16 heavy (non-hydrogen) atoms. The van der Waals surface area contributed by atoms with Crippen LogP contribution in [0.4, 0.5) is 0 Å². The number of nitrogens with zero attached hydrogens (tertiary/aromatic N) is 2. The van der Waals surface area contributed by atoms with Gasteiger partial charge in [0.15, 0.2) is 0 Å². The first-order valence-electron chi connectivity index (χ1n) is 6.16. The highest BCUT2D eigenvalue weighted by atomic mass is 16.1. The van der Waals surface area contributed by atoms with Gasteiger partial charge in [0.2, 0.25) is 0 Å². The molecule has 4 heteroatoms. The summed E-state index contributed by atoms with van der Waals surface area (Å²) in [5, 5.41) is 3.35. The molecule has 2 rings (SSSR count). The Labute approximate surface area is 96.3 Å². The number of imidazole rings is 1. The molecule has 1 aliphatic rings. The average molecular weight is 223 g/mol. The lowest BCUT2D eigenvalue weighted by Gasteiger charge is -2.08. The Morgan fingerprint density at radius 1 is 1.50 bits per heavy atom. The van der Waals surface area contributed by atoms with E-state index in [2.05, 4.69) is 5.32 Å². The summed E-state index contributed by atoms with van der Waals surface area (Å²) in [6.07, 6.45) is 6.15. The van der Waals surface area contributed by atoms with Crippen molar-refractivity contribution in [3.05, 3.63) is 22.9 Å². The number of rotatable bonds is 4. The zero-order valence-corrected chi connectivity index (χ0v) is 10.1. The van der Waals surface area contributed by atoms with Gasteiger partial charge in [-0.15, -0.1) is 0 Å². The predicted molar refractivity (Wildman–Crippen MR) is 64.7 cm³/mol. The van der Waals surface area contributed by atoms with E-state index in [-0.39, 0.29) is 11.7 Å². The third-order valence-corrected chi connectivity index (χ3v) is 3.37. The van der Waals surface area contributed by atoms with E-state index in [1.54, 1.807) is 4.57 Å². The predicted octanol–water partition coefficient (Wildman–Crippen LogP) is 1.23. The van der Waals surface area contributed by atoms with Crippen LogP contribution >= 0.6 is 0 Å². The molecule has 0 aromatic carbocycles. The van der Waals surface area contributed by atoms with E-state index in [0.717, 1.165) is 32.0 Å². The van der Waals surface area contributed by atoms with Crippen molar-refractivity contribution in [1.29, 1.82) is 0 Å². The van der Waals surface area contributed by atoms with E-state index in [0.29, 0.717) is 0 Å². The van der Waals surface area contributed by atoms with Gasteiger partial charge in [-0.2, -0.15) is 0 Å². The van der Waals surface area contributed by atoms with E-state index in [4.69, 9.17) is 0 Å². The van der Waals surface area contributed by atoms with Crippen molar-refractivity contribution < 1.29 is 0 Å². The minimum absolute atomic E-state index is 0.126. The van der Waals surface area contributed by atoms with Gasteiger partial charge in [0.05, 0.1) is 0 Å². The van der Waals surface area contributed by atoms with E-state index in [9.17, 15) is 4.79 Å². The Bertz CT molecular complexity index is 385. The van der Waals surface area contributed by atoms with Crippen LogP contribution in [0.1, 0.15) is 32.7 Å². The van der Waals surface area contributed by atoms with Crippen molar-refractivity contribution in [1.82, 2.24) is 14.5 Å². The van der Waals surface area contributed by atoms with Gasteiger partial charge in [-0.25, -0.2) is 4.79 Å². The van der Waals surface area contributed by atoms with Crippen LogP contribution in [0.2, 0.25) is 0 Å². The second kappa shape index (κ2) is 4.87. The van der Waals surface area contributed by atoms with Crippen LogP contribution < -0.4 is 11.0 Å². The fourth-order valence-electron chi connectivity index (χ4n) is 2.27. The molecule has 0 aliphatic carbocycles. The van der Waals surface area contributed by atoms with E-state index in [1.807, 2.05) is 30.8 Å². The SMILES string of the molecule is CC(C)n1ccn(CCC2CCNC2)c1=O. The molecule has 0 saturated carbocycles. The minimum Gasteiger partial charge on any atom is -0.316 e. The normalized spacial score (nSPS) is 20.8. The van der Waals surface area contributed by atoms with Crippen LogP contribution in [0.25, 0.3) is 0 Å². The van der Waals surface area contributed by atoms with Crippen molar-refractivity contribution in [2.75, 3.05) is 13.1 Å². The molecule has 1 atom stereocenters.